The van der Waals surface area contributed by atoms with E-state index in [1.165, 1.54) is 18.2 Å². The molecular formula is C17H23ClN2O2. The van der Waals surface area contributed by atoms with Crippen LogP contribution in [0.4, 0.5) is 0 Å². The standard InChI is InChI=1S/C17H23ClN2O2/c1-17(2,3)11-4-7-13(8-5-11)19-20-16(22)14-10-12(18)6-9-15(14)21/h6-7,9-11,19,21H,4-5,8H2,1-3H3,(H,20,22). The Morgan fingerprint density at radius 1 is 1.36 bits per heavy atom. The summed E-state index contributed by atoms with van der Waals surface area (Å²) in [4.78, 5) is 12.1. The quantitative estimate of drug-likeness (QED) is 0.737. The smallest absolute Gasteiger partial charge is 0.273 e. The first kappa shape index (κ1) is 16.7. The van der Waals surface area contributed by atoms with Crippen LogP contribution in [0.25, 0.3) is 0 Å². The third-order valence-corrected chi connectivity index (χ3v) is 4.41. The highest BCUT2D eigenvalue weighted by molar-refractivity contribution is 6.31. The summed E-state index contributed by atoms with van der Waals surface area (Å²) < 4.78 is 0. The SMILES string of the molecule is CC(C)(C)C1CC=C(NNC(=O)c2cc(Cl)ccc2O)CC1. The van der Waals surface area contributed by atoms with E-state index in [0.717, 1.165) is 25.0 Å². The third-order valence-electron chi connectivity index (χ3n) is 4.18. The van der Waals surface area contributed by atoms with Gasteiger partial charge in [-0.1, -0.05) is 38.4 Å². The fraction of sp³-hybridized carbons (Fsp3) is 0.471. The fourth-order valence-electron chi connectivity index (χ4n) is 2.63. The minimum Gasteiger partial charge on any atom is -0.507 e. The monoisotopic (exact) mass is 322 g/mol. The second kappa shape index (κ2) is 6.61. The van der Waals surface area contributed by atoms with E-state index >= 15 is 0 Å². The lowest BCUT2D eigenvalue weighted by Crippen LogP contribution is -2.38. The minimum absolute atomic E-state index is 0.0888. The van der Waals surface area contributed by atoms with Gasteiger partial charge in [-0.25, -0.2) is 0 Å². The van der Waals surface area contributed by atoms with Gasteiger partial charge in [-0.2, -0.15) is 0 Å². The molecule has 0 aromatic heterocycles. The Morgan fingerprint density at radius 3 is 2.68 bits per heavy atom. The number of aromatic hydroxyl groups is 1. The Morgan fingerprint density at radius 2 is 2.09 bits per heavy atom. The van der Waals surface area contributed by atoms with Gasteiger partial charge in [-0.15, -0.1) is 0 Å². The van der Waals surface area contributed by atoms with Crippen molar-refractivity contribution in [1.82, 2.24) is 10.9 Å². The average molecular weight is 323 g/mol. The maximum atomic E-state index is 12.1. The first-order valence-corrected chi connectivity index (χ1v) is 7.89. The number of rotatable bonds is 3. The molecule has 5 heteroatoms. The lowest BCUT2D eigenvalue weighted by atomic mass is 9.74. The molecule has 0 aliphatic heterocycles. The topological polar surface area (TPSA) is 61.4 Å². The van der Waals surface area contributed by atoms with E-state index in [-0.39, 0.29) is 11.3 Å². The normalized spacial score (nSPS) is 18.5. The summed E-state index contributed by atoms with van der Waals surface area (Å²) in [6.45, 7) is 6.77. The fourth-order valence-corrected chi connectivity index (χ4v) is 2.80. The zero-order valence-electron chi connectivity index (χ0n) is 13.2. The summed E-state index contributed by atoms with van der Waals surface area (Å²) in [5, 5.41) is 10.1. The molecule has 0 spiro atoms. The van der Waals surface area contributed by atoms with Crippen LogP contribution >= 0.6 is 11.6 Å². The Labute approximate surface area is 136 Å². The molecule has 1 aromatic rings. The molecule has 4 nitrogen and oxygen atoms in total. The second-order valence-corrected chi connectivity index (χ2v) is 7.24. The zero-order chi connectivity index (χ0) is 16.3. The van der Waals surface area contributed by atoms with Crippen molar-refractivity contribution in [2.75, 3.05) is 0 Å². The number of carbonyl (C=O) groups excluding carboxylic acids is 1. The van der Waals surface area contributed by atoms with E-state index in [0.29, 0.717) is 16.4 Å². The molecule has 0 fully saturated rings. The largest absolute Gasteiger partial charge is 0.507 e. The second-order valence-electron chi connectivity index (χ2n) is 6.81. The van der Waals surface area contributed by atoms with E-state index < -0.39 is 5.91 Å². The van der Waals surface area contributed by atoms with Gasteiger partial charge in [0.2, 0.25) is 0 Å². The maximum absolute atomic E-state index is 12.1. The van der Waals surface area contributed by atoms with E-state index in [4.69, 9.17) is 11.6 Å². The Kier molecular flexibility index (Phi) is 5.01. The Bertz CT molecular complexity index is 591. The molecule has 22 heavy (non-hydrogen) atoms. The molecule has 1 amide bonds. The summed E-state index contributed by atoms with van der Waals surface area (Å²) in [5.41, 5.74) is 7.03. The van der Waals surface area contributed by atoms with Crippen molar-refractivity contribution < 1.29 is 9.90 Å². The molecule has 0 saturated heterocycles. The van der Waals surface area contributed by atoms with Crippen LogP contribution in [0.3, 0.4) is 0 Å². The molecule has 2 rings (SSSR count). The predicted molar refractivity (Wildman–Crippen MR) is 88.6 cm³/mol. The highest BCUT2D eigenvalue weighted by Gasteiger charge is 2.26. The molecule has 1 aliphatic carbocycles. The van der Waals surface area contributed by atoms with Gasteiger partial charge < -0.3 is 10.5 Å². The lowest BCUT2D eigenvalue weighted by Gasteiger charge is -2.33. The van der Waals surface area contributed by atoms with Gasteiger partial charge in [0.05, 0.1) is 5.56 Å². The van der Waals surface area contributed by atoms with Crippen molar-refractivity contribution in [3.8, 4) is 5.75 Å². The minimum atomic E-state index is -0.404. The van der Waals surface area contributed by atoms with Crippen LogP contribution in [0.1, 0.15) is 50.4 Å². The van der Waals surface area contributed by atoms with Crippen LogP contribution in [0, 0.1) is 11.3 Å². The number of allylic oxidation sites excluding steroid dienone is 2. The number of hydrazine groups is 1. The lowest BCUT2D eigenvalue weighted by molar-refractivity contribution is 0.0934. The highest BCUT2D eigenvalue weighted by atomic mass is 35.5. The summed E-state index contributed by atoms with van der Waals surface area (Å²) in [6, 6.07) is 4.39. The van der Waals surface area contributed by atoms with Crippen LogP contribution < -0.4 is 10.9 Å². The van der Waals surface area contributed by atoms with Crippen LogP contribution in [0.15, 0.2) is 30.0 Å². The summed E-state index contributed by atoms with van der Waals surface area (Å²) in [5.74, 6) is 0.165. The van der Waals surface area contributed by atoms with Gasteiger partial charge in [-0.05, 0) is 48.8 Å². The van der Waals surface area contributed by atoms with Gasteiger partial charge in [0.25, 0.3) is 5.91 Å². The van der Waals surface area contributed by atoms with Gasteiger partial charge in [-0.3, -0.25) is 10.2 Å². The Hall–Kier alpha value is -1.68. The first-order valence-electron chi connectivity index (χ1n) is 7.51. The highest BCUT2D eigenvalue weighted by Crippen LogP contribution is 2.36. The number of carbonyl (C=O) groups is 1. The number of hydrogen-bond acceptors (Lipinski definition) is 3. The van der Waals surface area contributed by atoms with E-state index in [9.17, 15) is 9.90 Å². The van der Waals surface area contributed by atoms with Crippen molar-refractivity contribution >= 4 is 17.5 Å². The molecule has 3 N–H and O–H groups in total. The number of phenolic OH excluding ortho intramolecular Hbond substituents is 1. The molecule has 120 valence electrons. The van der Waals surface area contributed by atoms with E-state index in [1.807, 2.05) is 0 Å². The molecular weight excluding hydrogens is 300 g/mol. The third kappa shape index (κ3) is 4.17. The molecule has 0 saturated carbocycles. The first-order chi connectivity index (χ1) is 10.3. The van der Waals surface area contributed by atoms with Crippen LogP contribution in [0.2, 0.25) is 5.02 Å². The van der Waals surface area contributed by atoms with Gasteiger partial charge in [0.15, 0.2) is 0 Å². The summed E-state index contributed by atoms with van der Waals surface area (Å²) in [7, 11) is 0. The van der Waals surface area contributed by atoms with Crippen molar-refractivity contribution in [3.05, 3.63) is 40.6 Å². The van der Waals surface area contributed by atoms with Crippen molar-refractivity contribution in [1.29, 1.82) is 0 Å². The van der Waals surface area contributed by atoms with Gasteiger partial charge >= 0.3 is 0 Å². The number of halogens is 1. The molecule has 0 bridgehead atoms. The van der Waals surface area contributed by atoms with E-state index in [2.05, 4.69) is 37.7 Å². The molecule has 0 radical (unpaired) electrons. The van der Waals surface area contributed by atoms with E-state index in [1.54, 1.807) is 0 Å². The Balaban J connectivity index is 1.92. The molecule has 1 aromatic carbocycles. The number of phenols is 1. The number of benzene rings is 1. The van der Waals surface area contributed by atoms with Crippen LogP contribution in [-0.4, -0.2) is 11.0 Å². The average Bonchev–Trinajstić information content (AvgIpc) is 2.47. The molecule has 1 atom stereocenters. The summed E-state index contributed by atoms with van der Waals surface area (Å²) >= 11 is 5.85. The van der Waals surface area contributed by atoms with Crippen LogP contribution in [0.5, 0.6) is 5.75 Å². The van der Waals surface area contributed by atoms with Crippen molar-refractivity contribution in [2.24, 2.45) is 11.3 Å². The van der Waals surface area contributed by atoms with Crippen molar-refractivity contribution in [3.63, 3.8) is 0 Å². The molecule has 0 heterocycles. The van der Waals surface area contributed by atoms with Crippen LogP contribution in [-0.2, 0) is 0 Å². The number of amides is 1. The van der Waals surface area contributed by atoms with Crippen molar-refractivity contribution in [2.45, 2.75) is 40.0 Å². The predicted octanol–water partition coefficient (Wildman–Crippen LogP) is 4.01. The summed E-state index contributed by atoms with van der Waals surface area (Å²) in [6.07, 6.45) is 5.14. The molecule has 1 unspecified atom stereocenters. The molecule has 1 aliphatic rings. The number of hydrogen-bond donors (Lipinski definition) is 3. The van der Waals surface area contributed by atoms with Gasteiger partial charge in [0.1, 0.15) is 5.75 Å². The number of nitrogens with one attached hydrogen (secondary N) is 2. The van der Waals surface area contributed by atoms with Gasteiger partial charge in [0, 0.05) is 10.7 Å². The maximum Gasteiger partial charge on any atom is 0.273 e. The zero-order valence-corrected chi connectivity index (χ0v) is 14.0.